The Morgan fingerprint density at radius 3 is 0.830 bits per heavy atom. The predicted molar refractivity (Wildman–Crippen MR) is 231 cm³/mol. The monoisotopic (exact) mass is 790 g/mol. The lowest BCUT2D eigenvalue weighted by atomic mass is 10.1. The lowest BCUT2D eigenvalue weighted by Gasteiger charge is -2.22. The Labute approximate surface area is 329 Å². The van der Waals surface area contributed by atoms with Gasteiger partial charge < -0.3 is 24.5 Å². The summed E-state index contributed by atoms with van der Waals surface area (Å²) in [7, 11) is -7.60. The van der Waals surface area contributed by atoms with Gasteiger partial charge in [-0.05, 0) is 103 Å². The molecule has 0 atom stereocenters. The van der Waals surface area contributed by atoms with Gasteiger partial charge in [-0.1, -0.05) is 166 Å². The van der Waals surface area contributed by atoms with E-state index in [0.717, 1.165) is 38.5 Å². The van der Waals surface area contributed by atoms with Gasteiger partial charge in [0.1, 0.15) is 0 Å². The van der Waals surface area contributed by atoms with E-state index >= 15 is 0 Å². The van der Waals surface area contributed by atoms with Crippen LogP contribution in [-0.2, 0) is 9.13 Å². The Morgan fingerprint density at radius 1 is 0.340 bits per heavy atom. The van der Waals surface area contributed by atoms with E-state index in [-0.39, 0.29) is 12.3 Å². The van der Waals surface area contributed by atoms with Crippen molar-refractivity contribution in [1.29, 1.82) is 0 Å². The van der Waals surface area contributed by atoms with Gasteiger partial charge in [0.2, 0.25) is 0 Å². The summed E-state index contributed by atoms with van der Waals surface area (Å²) in [6.45, 7) is 6.17. The minimum Gasteiger partial charge on any atom is -0.324 e. The van der Waals surface area contributed by atoms with Crippen LogP contribution in [0.5, 0.6) is 0 Å². The zero-order chi connectivity index (χ0) is 39.0. The molecule has 316 valence electrons. The standard InChI is InChI=1S/C44H89NO6P2/c1-2-3-4-5-30-35-40-45(41-36-31-26-22-18-14-10-6-8-12-16-20-24-28-33-38-43-52(46,47)48)42-37-32-27-23-19-15-11-7-9-13-17-21-25-29-34-39-44-53(49,50)51/h6-9H,2-5,10-44H2,1H3,(H2,46,47,48)(H2,49,50,51)/b8-6-,9-7-. The number of hydrogen-bond donors (Lipinski definition) is 4. The molecular weight excluding hydrogens is 700 g/mol. The van der Waals surface area contributed by atoms with Crippen molar-refractivity contribution in [3.63, 3.8) is 0 Å². The Hall–Kier alpha value is -0.260. The van der Waals surface area contributed by atoms with Crippen molar-refractivity contribution in [1.82, 2.24) is 4.90 Å². The van der Waals surface area contributed by atoms with Gasteiger partial charge in [-0.3, -0.25) is 9.13 Å². The Bertz CT molecular complexity index is 838. The minimum atomic E-state index is -3.80. The van der Waals surface area contributed by atoms with E-state index in [0.29, 0.717) is 12.8 Å². The lowest BCUT2D eigenvalue weighted by Crippen LogP contribution is -2.27. The van der Waals surface area contributed by atoms with Gasteiger partial charge in [0.15, 0.2) is 0 Å². The van der Waals surface area contributed by atoms with E-state index in [2.05, 4.69) is 36.1 Å². The molecule has 0 aliphatic rings. The molecule has 0 heterocycles. The van der Waals surface area contributed by atoms with E-state index in [1.54, 1.807) is 0 Å². The predicted octanol–water partition coefficient (Wildman–Crippen LogP) is 14.0. The average molecular weight is 790 g/mol. The summed E-state index contributed by atoms with van der Waals surface area (Å²) >= 11 is 0. The fourth-order valence-electron chi connectivity index (χ4n) is 7.11. The normalized spacial score (nSPS) is 12.7. The molecule has 4 N–H and O–H groups in total. The third kappa shape index (κ3) is 47.8. The molecule has 0 saturated heterocycles. The summed E-state index contributed by atoms with van der Waals surface area (Å²) in [6.07, 6.45) is 51.4. The van der Waals surface area contributed by atoms with Gasteiger partial charge in [0.05, 0.1) is 0 Å². The van der Waals surface area contributed by atoms with Gasteiger partial charge in [0, 0.05) is 12.3 Å². The molecule has 0 spiro atoms. The molecule has 0 aliphatic heterocycles. The zero-order valence-electron chi connectivity index (χ0n) is 34.8. The topological polar surface area (TPSA) is 118 Å². The van der Waals surface area contributed by atoms with Crippen LogP contribution in [0.4, 0.5) is 0 Å². The first-order valence-corrected chi connectivity index (χ1v) is 26.3. The quantitative estimate of drug-likeness (QED) is 0.0276. The highest BCUT2D eigenvalue weighted by Gasteiger charge is 2.12. The summed E-state index contributed by atoms with van der Waals surface area (Å²) in [6, 6.07) is 0. The van der Waals surface area contributed by atoms with Crippen LogP contribution < -0.4 is 0 Å². The Balaban J connectivity index is 3.81. The molecule has 0 rings (SSSR count). The van der Waals surface area contributed by atoms with E-state index in [4.69, 9.17) is 19.6 Å². The Kier molecular flexibility index (Phi) is 39.8. The first kappa shape index (κ1) is 52.7. The molecule has 0 saturated carbocycles. The number of hydrogen-bond acceptors (Lipinski definition) is 3. The fourth-order valence-corrected chi connectivity index (χ4v) is 8.38. The molecule has 0 fully saturated rings. The van der Waals surface area contributed by atoms with Crippen LogP contribution in [0.2, 0.25) is 0 Å². The molecule has 0 aliphatic carbocycles. The van der Waals surface area contributed by atoms with Crippen LogP contribution in [-0.4, -0.2) is 56.4 Å². The second kappa shape index (κ2) is 40.0. The molecule has 0 aromatic carbocycles. The van der Waals surface area contributed by atoms with E-state index in [1.807, 2.05) is 0 Å². The highest BCUT2D eigenvalue weighted by atomic mass is 31.2. The van der Waals surface area contributed by atoms with Crippen LogP contribution >= 0.6 is 15.2 Å². The molecule has 0 unspecified atom stereocenters. The average Bonchev–Trinajstić information content (AvgIpc) is 3.10. The second-order valence-electron chi connectivity index (χ2n) is 16.0. The first-order chi connectivity index (χ1) is 25.6. The van der Waals surface area contributed by atoms with Gasteiger partial charge >= 0.3 is 15.2 Å². The zero-order valence-corrected chi connectivity index (χ0v) is 36.6. The van der Waals surface area contributed by atoms with Gasteiger partial charge in [-0.15, -0.1) is 0 Å². The number of nitrogens with zero attached hydrogens (tertiary/aromatic N) is 1. The van der Waals surface area contributed by atoms with Crippen LogP contribution in [0.3, 0.4) is 0 Å². The van der Waals surface area contributed by atoms with Crippen LogP contribution in [0.1, 0.15) is 225 Å². The van der Waals surface area contributed by atoms with Gasteiger partial charge in [-0.25, -0.2) is 0 Å². The first-order valence-electron chi connectivity index (χ1n) is 22.8. The molecule has 53 heavy (non-hydrogen) atoms. The maximum atomic E-state index is 10.9. The maximum Gasteiger partial charge on any atom is 0.325 e. The van der Waals surface area contributed by atoms with Crippen molar-refractivity contribution in [2.45, 2.75) is 225 Å². The van der Waals surface area contributed by atoms with Crippen molar-refractivity contribution in [2.24, 2.45) is 0 Å². The van der Waals surface area contributed by atoms with E-state index < -0.39 is 15.2 Å². The molecule has 9 heteroatoms. The summed E-state index contributed by atoms with van der Waals surface area (Å²) in [5.41, 5.74) is 0. The number of allylic oxidation sites excluding steroid dienone is 4. The van der Waals surface area contributed by atoms with Crippen LogP contribution in [0.15, 0.2) is 24.3 Å². The van der Waals surface area contributed by atoms with Crippen molar-refractivity contribution in [3.05, 3.63) is 24.3 Å². The lowest BCUT2D eigenvalue weighted by molar-refractivity contribution is 0.254. The Morgan fingerprint density at radius 2 is 0.566 bits per heavy atom. The molecule has 0 radical (unpaired) electrons. The van der Waals surface area contributed by atoms with Crippen LogP contribution in [0.25, 0.3) is 0 Å². The van der Waals surface area contributed by atoms with Crippen molar-refractivity contribution in [2.75, 3.05) is 32.0 Å². The molecule has 0 amide bonds. The van der Waals surface area contributed by atoms with Gasteiger partial charge in [0.25, 0.3) is 0 Å². The SMILES string of the molecule is CCCCCCCCN(CCCCCCCC/C=C\CCCCCCCCP(=O)(O)O)CCCCCCCC/C=C\CCCCCCCCP(=O)(O)O. The van der Waals surface area contributed by atoms with Crippen molar-refractivity contribution < 1.29 is 28.7 Å². The van der Waals surface area contributed by atoms with Crippen molar-refractivity contribution >= 4 is 15.2 Å². The largest absolute Gasteiger partial charge is 0.325 e. The molecule has 0 bridgehead atoms. The fraction of sp³-hybridized carbons (Fsp3) is 0.909. The number of unbranched alkanes of at least 4 members (excludes halogenated alkanes) is 29. The summed E-state index contributed by atoms with van der Waals surface area (Å²) in [4.78, 5) is 38.4. The minimum absolute atomic E-state index is 0.0390. The second-order valence-corrected chi connectivity index (χ2v) is 19.5. The van der Waals surface area contributed by atoms with E-state index in [1.165, 1.54) is 187 Å². The third-order valence-corrected chi connectivity index (χ3v) is 12.3. The highest BCUT2D eigenvalue weighted by Crippen LogP contribution is 2.36. The smallest absolute Gasteiger partial charge is 0.324 e. The van der Waals surface area contributed by atoms with Crippen LogP contribution in [0, 0.1) is 0 Å². The number of rotatable bonds is 43. The molecule has 0 aromatic heterocycles. The molecular formula is C44H89NO6P2. The summed E-state index contributed by atoms with van der Waals surface area (Å²) in [5.74, 6) is 0. The maximum absolute atomic E-state index is 10.9. The van der Waals surface area contributed by atoms with E-state index in [9.17, 15) is 9.13 Å². The third-order valence-electron chi connectivity index (χ3n) is 10.5. The summed E-state index contributed by atoms with van der Waals surface area (Å²) < 4.78 is 21.7. The van der Waals surface area contributed by atoms with Gasteiger partial charge in [-0.2, -0.15) is 0 Å². The molecule has 7 nitrogen and oxygen atoms in total. The summed E-state index contributed by atoms with van der Waals surface area (Å²) in [5, 5.41) is 0. The van der Waals surface area contributed by atoms with Crippen molar-refractivity contribution in [3.8, 4) is 0 Å². The molecule has 0 aromatic rings. The highest BCUT2D eigenvalue weighted by molar-refractivity contribution is 7.52.